The number of sulfonamides is 1. The molecule has 0 aliphatic carbocycles. The first kappa shape index (κ1) is 15.4. The highest BCUT2D eigenvalue weighted by Crippen LogP contribution is 2.22. The minimum Gasteiger partial charge on any atom is -0.398 e. The zero-order valence-corrected chi connectivity index (χ0v) is 12.7. The van der Waals surface area contributed by atoms with Crippen molar-refractivity contribution in [3.8, 4) is 0 Å². The lowest BCUT2D eigenvalue weighted by Crippen LogP contribution is -2.30. The Morgan fingerprint density at radius 2 is 2.17 bits per heavy atom. The first-order valence-corrected chi connectivity index (χ1v) is 7.68. The van der Waals surface area contributed by atoms with Gasteiger partial charge in [0.15, 0.2) is 0 Å². The monoisotopic (exact) mass is 336 g/mol. The number of anilines is 1. The Hall–Kier alpha value is -0.630. The number of nitrogens with two attached hydrogens (primary N) is 1. The van der Waals surface area contributed by atoms with Crippen molar-refractivity contribution in [1.82, 2.24) is 4.72 Å². The molecule has 5 nitrogen and oxygen atoms in total. The van der Waals surface area contributed by atoms with E-state index < -0.39 is 10.0 Å². The van der Waals surface area contributed by atoms with E-state index in [2.05, 4.69) is 20.7 Å². The second-order valence-electron chi connectivity index (χ2n) is 4.09. The molecule has 0 radical (unpaired) electrons. The molecule has 0 aliphatic rings. The number of nitrogens with one attached hydrogen (secondary N) is 1. The number of rotatable bonds is 6. The largest absolute Gasteiger partial charge is 0.398 e. The molecule has 0 spiro atoms. The summed E-state index contributed by atoms with van der Waals surface area (Å²) in [7, 11) is -1.99. The molecule has 102 valence electrons. The predicted molar refractivity (Wildman–Crippen MR) is 74.8 cm³/mol. The van der Waals surface area contributed by atoms with Crippen LogP contribution in [-0.4, -0.2) is 28.7 Å². The summed E-state index contributed by atoms with van der Waals surface area (Å²) < 4.78 is 32.3. The van der Waals surface area contributed by atoms with Crippen molar-refractivity contribution < 1.29 is 13.2 Å². The first-order valence-electron chi connectivity index (χ1n) is 5.40. The van der Waals surface area contributed by atoms with Gasteiger partial charge in [-0.1, -0.05) is 22.9 Å². The number of hydrogen-bond acceptors (Lipinski definition) is 4. The smallest absolute Gasteiger partial charge is 0.242 e. The Morgan fingerprint density at radius 3 is 2.72 bits per heavy atom. The number of benzene rings is 1. The summed E-state index contributed by atoms with van der Waals surface area (Å²) in [5.74, 6) is 0.0986. The van der Waals surface area contributed by atoms with Crippen LogP contribution in [0.2, 0.25) is 0 Å². The minimum atomic E-state index is -3.57. The molecule has 0 aromatic heterocycles. The molecule has 3 N–H and O–H groups in total. The first-order chi connectivity index (χ1) is 8.36. The highest BCUT2D eigenvalue weighted by molar-refractivity contribution is 9.10. The topological polar surface area (TPSA) is 81.4 Å². The summed E-state index contributed by atoms with van der Waals surface area (Å²) in [4.78, 5) is 0.0929. The third-order valence-electron chi connectivity index (χ3n) is 2.33. The van der Waals surface area contributed by atoms with Crippen LogP contribution in [0.15, 0.2) is 27.6 Å². The molecule has 1 unspecified atom stereocenters. The van der Waals surface area contributed by atoms with E-state index in [1.807, 2.05) is 6.92 Å². The van der Waals surface area contributed by atoms with E-state index in [-0.39, 0.29) is 16.5 Å². The molecule has 1 aromatic rings. The van der Waals surface area contributed by atoms with Gasteiger partial charge in [0.1, 0.15) is 4.90 Å². The van der Waals surface area contributed by atoms with Crippen molar-refractivity contribution in [2.75, 3.05) is 26.0 Å². The van der Waals surface area contributed by atoms with Gasteiger partial charge in [-0.2, -0.15) is 0 Å². The van der Waals surface area contributed by atoms with E-state index in [9.17, 15) is 8.42 Å². The molecular weight excluding hydrogens is 320 g/mol. The van der Waals surface area contributed by atoms with Crippen LogP contribution in [-0.2, 0) is 14.8 Å². The average molecular weight is 337 g/mol. The van der Waals surface area contributed by atoms with Crippen LogP contribution in [0.3, 0.4) is 0 Å². The molecule has 0 bridgehead atoms. The van der Waals surface area contributed by atoms with E-state index in [1.165, 1.54) is 6.07 Å². The number of halogens is 1. The fourth-order valence-electron chi connectivity index (χ4n) is 1.44. The molecule has 7 heteroatoms. The molecule has 0 aliphatic heterocycles. The Kier molecular flexibility index (Phi) is 5.58. The van der Waals surface area contributed by atoms with Crippen molar-refractivity contribution in [3.63, 3.8) is 0 Å². The Bertz CT molecular complexity index is 505. The molecule has 1 rings (SSSR count). The molecule has 1 atom stereocenters. The SMILES string of the molecule is COCC(C)CNS(=O)(=O)c1ccc(Br)cc1N. The second-order valence-corrected chi connectivity index (χ2v) is 6.75. The lowest BCUT2D eigenvalue weighted by Gasteiger charge is -2.13. The van der Waals surface area contributed by atoms with Crippen molar-refractivity contribution in [2.24, 2.45) is 5.92 Å². The van der Waals surface area contributed by atoms with Crippen LogP contribution in [0.1, 0.15) is 6.92 Å². The highest BCUT2D eigenvalue weighted by atomic mass is 79.9. The van der Waals surface area contributed by atoms with Crippen LogP contribution >= 0.6 is 15.9 Å². The van der Waals surface area contributed by atoms with Gasteiger partial charge in [-0.05, 0) is 24.1 Å². The Balaban J connectivity index is 2.80. The zero-order chi connectivity index (χ0) is 13.8. The van der Waals surface area contributed by atoms with Gasteiger partial charge in [0.2, 0.25) is 10.0 Å². The molecule has 0 heterocycles. The molecule has 0 fully saturated rings. The second kappa shape index (κ2) is 6.51. The van der Waals surface area contributed by atoms with Crippen molar-refractivity contribution >= 4 is 31.6 Å². The van der Waals surface area contributed by atoms with Crippen LogP contribution in [0, 0.1) is 5.92 Å². The average Bonchev–Trinajstić information content (AvgIpc) is 2.26. The summed E-state index contributed by atoms with van der Waals surface area (Å²) in [6, 6.07) is 4.68. The lowest BCUT2D eigenvalue weighted by atomic mass is 10.2. The van der Waals surface area contributed by atoms with Gasteiger partial charge in [-0.3, -0.25) is 0 Å². The highest BCUT2D eigenvalue weighted by Gasteiger charge is 2.18. The zero-order valence-electron chi connectivity index (χ0n) is 10.3. The third kappa shape index (κ3) is 4.24. The van der Waals surface area contributed by atoms with Gasteiger partial charge in [-0.25, -0.2) is 13.1 Å². The summed E-state index contributed by atoms with van der Waals surface area (Å²) in [6.07, 6.45) is 0. The fourth-order valence-corrected chi connectivity index (χ4v) is 3.09. The van der Waals surface area contributed by atoms with Crippen molar-refractivity contribution in [3.05, 3.63) is 22.7 Å². The summed E-state index contributed by atoms with van der Waals surface area (Å²) in [6.45, 7) is 2.71. The Morgan fingerprint density at radius 1 is 1.50 bits per heavy atom. The standard InChI is InChI=1S/C11H17BrN2O3S/c1-8(7-17-2)6-14-18(15,16)11-4-3-9(12)5-10(11)13/h3-5,8,14H,6-7,13H2,1-2H3. The normalized spacial score (nSPS) is 13.5. The van der Waals surface area contributed by atoms with E-state index >= 15 is 0 Å². The number of hydrogen-bond donors (Lipinski definition) is 2. The minimum absolute atomic E-state index is 0.0929. The lowest BCUT2D eigenvalue weighted by molar-refractivity contribution is 0.161. The van der Waals surface area contributed by atoms with Gasteiger partial charge < -0.3 is 10.5 Å². The molecule has 0 amide bonds. The molecule has 18 heavy (non-hydrogen) atoms. The number of ether oxygens (including phenoxy) is 1. The van der Waals surface area contributed by atoms with Crippen LogP contribution in [0.25, 0.3) is 0 Å². The van der Waals surface area contributed by atoms with Gasteiger partial charge in [0.05, 0.1) is 5.69 Å². The van der Waals surface area contributed by atoms with Crippen LogP contribution < -0.4 is 10.5 Å². The van der Waals surface area contributed by atoms with E-state index in [0.29, 0.717) is 13.2 Å². The molecular formula is C11H17BrN2O3S. The van der Waals surface area contributed by atoms with Gasteiger partial charge >= 0.3 is 0 Å². The van der Waals surface area contributed by atoms with Crippen molar-refractivity contribution in [2.45, 2.75) is 11.8 Å². The van der Waals surface area contributed by atoms with Gasteiger partial charge in [0.25, 0.3) is 0 Å². The van der Waals surface area contributed by atoms with E-state index in [4.69, 9.17) is 10.5 Å². The quantitative estimate of drug-likeness (QED) is 0.773. The molecule has 0 saturated carbocycles. The van der Waals surface area contributed by atoms with Gasteiger partial charge in [0, 0.05) is 24.7 Å². The number of methoxy groups -OCH3 is 1. The maximum Gasteiger partial charge on any atom is 0.242 e. The maximum absolute atomic E-state index is 12.0. The molecule has 0 saturated heterocycles. The maximum atomic E-state index is 12.0. The van der Waals surface area contributed by atoms with Crippen LogP contribution in [0.4, 0.5) is 5.69 Å². The fraction of sp³-hybridized carbons (Fsp3) is 0.455. The van der Waals surface area contributed by atoms with Crippen molar-refractivity contribution in [1.29, 1.82) is 0 Å². The Labute approximate surface area is 116 Å². The summed E-state index contributed by atoms with van der Waals surface area (Å²) >= 11 is 3.23. The van der Waals surface area contributed by atoms with E-state index in [0.717, 1.165) is 4.47 Å². The van der Waals surface area contributed by atoms with Gasteiger partial charge in [-0.15, -0.1) is 0 Å². The number of nitrogen functional groups attached to an aromatic ring is 1. The summed E-state index contributed by atoms with van der Waals surface area (Å²) in [5, 5.41) is 0. The van der Waals surface area contributed by atoms with Crippen LogP contribution in [0.5, 0.6) is 0 Å². The predicted octanol–water partition coefficient (Wildman–Crippen LogP) is 1.59. The molecule has 1 aromatic carbocycles. The summed E-state index contributed by atoms with van der Waals surface area (Å²) in [5.41, 5.74) is 5.92. The van der Waals surface area contributed by atoms with E-state index in [1.54, 1.807) is 19.2 Å². The third-order valence-corrected chi connectivity index (χ3v) is 4.33.